The summed E-state index contributed by atoms with van der Waals surface area (Å²) in [6.45, 7) is 7.83. The topological polar surface area (TPSA) is 105 Å². The maximum atomic E-state index is 12.1. The van der Waals surface area contributed by atoms with E-state index >= 15 is 0 Å². The molecule has 5 fully saturated rings. The van der Waals surface area contributed by atoms with Crippen molar-refractivity contribution >= 4 is 28.3 Å². The van der Waals surface area contributed by atoms with E-state index in [0.29, 0.717) is 17.8 Å². The average Bonchev–Trinajstić information content (AvgIpc) is 3.30. The van der Waals surface area contributed by atoms with Gasteiger partial charge in [0.2, 0.25) is 6.19 Å². The van der Waals surface area contributed by atoms with Crippen LogP contribution in [0.2, 0.25) is 0 Å². The van der Waals surface area contributed by atoms with Gasteiger partial charge in [-0.1, -0.05) is 0 Å². The van der Waals surface area contributed by atoms with Crippen molar-refractivity contribution in [2.45, 2.75) is 57.5 Å². The number of nitrogens with zero attached hydrogens (tertiary/aromatic N) is 5. The predicted octanol–water partition coefficient (Wildman–Crippen LogP) is 2.79. The largest absolute Gasteiger partial charge is 0.481 e. The van der Waals surface area contributed by atoms with Gasteiger partial charge in [0.1, 0.15) is 5.84 Å². The number of carboxylic acid groups (broad SMARTS) is 1. The number of anilines is 1. The Balaban J connectivity index is 1.30. The first-order chi connectivity index (χ1) is 15.3. The van der Waals surface area contributed by atoms with Gasteiger partial charge < -0.3 is 15.3 Å². The molecule has 0 spiro atoms. The number of hydrogen-bond donors (Lipinski definition) is 2. The van der Waals surface area contributed by atoms with Gasteiger partial charge >= 0.3 is 5.97 Å². The number of aliphatic imine (C=N–C) groups is 1. The second-order valence-corrected chi connectivity index (χ2v) is 11.5. The number of piperazine rings is 1. The molecule has 1 aromatic rings. The molecule has 2 N–H and O–H groups in total. The van der Waals surface area contributed by atoms with Crippen molar-refractivity contribution in [2.75, 3.05) is 31.1 Å². The molecule has 1 aliphatic heterocycles. The predicted molar refractivity (Wildman–Crippen MR) is 124 cm³/mol. The monoisotopic (exact) mass is 456 g/mol. The number of hydrogen-bond acceptors (Lipinski definition) is 7. The fourth-order valence-corrected chi connectivity index (χ4v) is 7.75. The third kappa shape index (κ3) is 3.57. The Labute approximate surface area is 193 Å². The van der Waals surface area contributed by atoms with Crippen LogP contribution in [0.4, 0.5) is 5.13 Å². The molecule has 172 valence electrons. The quantitative estimate of drug-likeness (QED) is 0.399. The molecule has 2 atom stereocenters. The summed E-state index contributed by atoms with van der Waals surface area (Å²) in [6, 6.07) is 0.210. The van der Waals surface area contributed by atoms with Crippen LogP contribution in [0.5, 0.6) is 0 Å². The van der Waals surface area contributed by atoms with Crippen LogP contribution in [0.15, 0.2) is 16.6 Å². The van der Waals surface area contributed by atoms with Crippen molar-refractivity contribution in [3.8, 4) is 6.19 Å². The van der Waals surface area contributed by atoms with E-state index in [-0.39, 0.29) is 6.04 Å². The number of carboxylic acids is 1. The number of aromatic nitrogens is 1. The SMILES string of the molecule is CC(C)(/C(=N\C#N)NC1C2CC3CC1CC(C(=O)O)(C3)C2)N1CCN(c2nccs2)CC1. The van der Waals surface area contributed by atoms with Gasteiger partial charge in [0, 0.05) is 43.8 Å². The summed E-state index contributed by atoms with van der Waals surface area (Å²) in [5.74, 6) is 1.34. The van der Waals surface area contributed by atoms with Crippen molar-refractivity contribution in [3.05, 3.63) is 11.6 Å². The van der Waals surface area contributed by atoms with Gasteiger partial charge in [-0.05, 0) is 63.7 Å². The van der Waals surface area contributed by atoms with Crippen LogP contribution in [0.3, 0.4) is 0 Å². The summed E-state index contributed by atoms with van der Waals surface area (Å²) < 4.78 is 0. The molecule has 0 radical (unpaired) electrons. The average molecular weight is 457 g/mol. The molecule has 6 rings (SSSR count). The number of aliphatic carboxylic acids is 1. The first-order valence-corrected chi connectivity index (χ1v) is 12.6. The standard InChI is InChI=1S/C23H32N6O2S/c1-22(2,29-6-4-28(5-7-29)21-25-3-8-32-21)19(26-14-24)27-18-16-9-15-10-17(18)13-23(11-15,12-16)20(30)31/h3,8,15-18H,4-7,9-13H2,1-2H3,(H,26,27)(H,30,31). The number of amidine groups is 1. The Morgan fingerprint density at radius 1 is 1.28 bits per heavy atom. The second kappa shape index (κ2) is 7.99. The highest BCUT2D eigenvalue weighted by Crippen LogP contribution is 2.60. The van der Waals surface area contributed by atoms with Gasteiger partial charge in [-0.15, -0.1) is 11.3 Å². The van der Waals surface area contributed by atoms with E-state index in [2.05, 4.69) is 38.9 Å². The van der Waals surface area contributed by atoms with Crippen LogP contribution in [0.1, 0.15) is 46.0 Å². The third-order valence-corrected chi connectivity index (χ3v) is 9.36. The molecule has 2 heterocycles. The second-order valence-electron chi connectivity index (χ2n) is 10.6. The Hall–Kier alpha value is -2.18. The summed E-state index contributed by atoms with van der Waals surface area (Å²) in [7, 11) is 0. The summed E-state index contributed by atoms with van der Waals surface area (Å²) in [4.78, 5) is 25.5. The van der Waals surface area contributed by atoms with Crippen molar-refractivity contribution in [2.24, 2.45) is 28.2 Å². The Morgan fingerprint density at radius 3 is 2.53 bits per heavy atom. The Kier molecular flexibility index (Phi) is 5.41. The van der Waals surface area contributed by atoms with Crippen LogP contribution in [-0.2, 0) is 4.79 Å². The summed E-state index contributed by atoms with van der Waals surface area (Å²) in [5, 5.41) is 26.2. The molecule has 0 aromatic carbocycles. The lowest BCUT2D eigenvalue weighted by Gasteiger charge is -2.59. The van der Waals surface area contributed by atoms with Crippen LogP contribution in [0.25, 0.3) is 0 Å². The van der Waals surface area contributed by atoms with E-state index in [0.717, 1.165) is 69.3 Å². The maximum absolute atomic E-state index is 12.1. The van der Waals surface area contributed by atoms with Gasteiger partial charge in [-0.25, -0.2) is 4.98 Å². The minimum Gasteiger partial charge on any atom is -0.481 e. The lowest BCUT2D eigenvalue weighted by atomic mass is 9.48. The summed E-state index contributed by atoms with van der Waals surface area (Å²) >= 11 is 1.67. The van der Waals surface area contributed by atoms with E-state index < -0.39 is 16.9 Å². The molecule has 8 nitrogen and oxygen atoms in total. The molecule has 4 aliphatic carbocycles. The number of thiazole rings is 1. The molecule has 9 heteroatoms. The Morgan fingerprint density at radius 2 is 1.97 bits per heavy atom. The number of rotatable bonds is 5. The molecule has 4 bridgehead atoms. The van der Waals surface area contributed by atoms with E-state index in [9.17, 15) is 15.2 Å². The maximum Gasteiger partial charge on any atom is 0.309 e. The highest BCUT2D eigenvalue weighted by molar-refractivity contribution is 7.13. The van der Waals surface area contributed by atoms with E-state index in [1.54, 1.807) is 11.3 Å². The molecule has 1 aromatic heterocycles. The smallest absolute Gasteiger partial charge is 0.309 e. The fourth-order valence-electron chi connectivity index (χ4n) is 7.05. The van der Waals surface area contributed by atoms with Gasteiger partial charge in [0.25, 0.3) is 0 Å². The minimum atomic E-state index is -0.611. The van der Waals surface area contributed by atoms with Gasteiger partial charge in [0.15, 0.2) is 5.13 Å². The number of nitriles is 1. The van der Waals surface area contributed by atoms with Crippen LogP contribution >= 0.6 is 11.3 Å². The normalized spacial score (nSPS) is 35.0. The molecule has 5 aliphatic rings. The molecule has 0 amide bonds. The molecule has 2 unspecified atom stereocenters. The van der Waals surface area contributed by atoms with Gasteiger partial charge in [-0.2, -0.15) is 10.3 Å². The minimum absolute atomic E-state index is 0.210. The molecular weight excluding hydrogens is 424 g/mol. The molecule has 32 heavy (non-hydrogen) atoms. The zero-order valence-corrected chi connectivity index (χ0v) is 19.6. The van der Waals surface area contributed by atoms with Crippen LogP contribution in [-0.4, -0.2) is 64.6 Å². The third-order valence-electron chi connectivity index (χ3n) is 8.53. The zero-order chi connectivity index (χ0) is 22.5. The first kappa shape index (κ1) is 21.7. The molecular formula is C23H32N6O2S. The van der Waals surface area contributed by atoms with E-state index in [1.165, 1.54) is 0 Å². The van der Waals surface area contributed by atoms with Crippen molar-refractivity contribution in [1.29, 1.82) is 5.26 Å². The lowest BCUT2D eigenvalue weighted by molar-refractivity contribution is -0.166. The van der Waals surface area contributed by atoms with Gasteiger partial charge in [0.05, 0.1) is 11.0 Å². The van der Waals surface area contributed by atoms with E-state index in [4.69, 9.17) is 0 Å². The van der Waals surface area contributed by atoms with Crippen molar-refractivity contribution in [1.82, 2.24) is 15.2 Å². The number of nitrogens with one attached hydrogen (secondary N) is 1. The van der Waals surface area contributed by atoms with E-state index in [1.807, 2.05) is 17.8 Å². The summed E-state index contributed by atoms with van der Waals surface area (Å²) in [6.07, 6.45) is 8.40. The lowest BCUT2D eigenvalue weighted by Crippen LogP contribution is -2.66. The molecule has 1 saturated heterocycles. The highest BCUT2D eigenvalue weighted by atomic mass is 32.1. The van der Waals surface area contributed by atoms with Crippen LogP contribution in [0, 0.1) is 34.6 Å². The summed E-state index contributed by atoms with van der Waals surface area (Å²) in [5.41, 5.74) is -0.924. The highest BCUT2D eigenvalue weighted by Gasteiger charge is 2.59. The van der Waals surface area contributed by atoms with Gasteiger partial charge in [-0.3, -0.25) is 9.69 Å². The first-order valence-electron chi connectivity index (χ1n) is 11.7. The van der Waals surface area contributed by atoms with Crippen molar-refractivity contribution < 1.29 is 9.90 Å². The fraction of sp³-hybridized carbons (Fsp3) is 0.739. The Bertz CT molecular complexity index is 915. The zero-order valence-electron chi connectivity index (χ0n) is 18.8. The number of carbonyl (C=O) groups is 1. The van der Waals surface area contributed by atoms with Crippen LogP contribution < -0.4 is 10.2 Å². The molecule has 4 saturated carbocycles. The van der Waals surface area contributed by atoms with Crippen molar-refractivity contribution in [3.63, 3.8) is 0 Å².